The minimum atomic E-state index is -0.247. The number of aryl methyl sites for hydroxylation is 2. The van der Waals surface area contributed by atoms with Gasteiger partial charge in [0.25, 0.3) is 5.56 Å². The van der Waals surface area contributed by atoms with Gasteiger partial charge in [-0.2, -0.15) is 10.4 Å². The zero-order valence-corrected chi connectivity index (χ0v) is 14.8. The molecule has 0 aliphatic carbocycles. The van der Waals surface area contributed by atoms with Crippen molar-refractivity contribution in [3.05, 3.63) is 64.2 Å². The van der Waals surface area contributed by atoms with Gasteiger partial charge in [-0.25, -0.2) is 0 Å². The van der Waals surface area contributed by atoms with Gasteiger partial charge in [-0.05, 0) is 18.1 Å². The first-order valence-electron chi connectivity index (χ1n) is 8.55. The largest absolute Gasteiger partial charge is 0.366 e. The Morgan fingerprint density at radius 1 is 1.23 bits per heavy atom. The molecule has 26 heavy (non-hydrogen) atoms. The number of pyridine rings is 1. The summed E-state index contributed by atoms with van der Waals surface area (Å²) in [7, 11) is 3.62. The third kappa shape index (κ3) is 2.49. The Bertz CT molecular complexity index is 1130. The molecule has 130 valence electrons. The molecule has 3 aromatic rings. The van der Waals surface area contributed by atoms with Crippen LogP contribution >= 0.6 is 0 Å². The van der Waals surface area contributed by atoms with Crippen molar-refractivity contribution in [3.63, 3.8) is 0 Å². The number of nitriles is 1. The number of para-hydroxylation sites is 1. The Labute approximate surface area is 151 Å². The lowest BCUT2D eigenvalue weighted by molar-refractivity contribution is 0.767. The van der Waals surface area contributed by atoms with Gasteiger partial charge < -0.3 is 9.47 Å². The average Bonchev–Trinajstić information content (AvgIpc) is 3.11. The molecule has 6 heteroatoms. The number of nitrogens with zero attached hydrogens (tertiary/aromatic N) is 5. The van der Waals surface area contributed by atoms with E-state index in [4.69, 9.17) is 0 Å². The summed E-state index contributed by atoms with van der Waals surface area (Å²) < 4.78 is 3.35. The van der Waals surface area contributed by atoms with Crippen LogP contribution in [-0.2, 0) is 14.1 Å². The summed E-state index contributed by atoms with van der Waals surface area (Å²) >= 11 is 0. The van der Waals surface area contributed by atoms with Crippen LogP contribution in [0.4, 0.5) is 5.69 Å². The van der Waals surface area contributed by atoms with E-state index in [1.54, 1.807) is 16.3 Å². The molecule has 1 aliphatic rings. The quantitative estimate of drug-likeness (QED) is 0.715. The molecule has 0 fully saturated rings. The fourth-order valence-electron chi connectivity index (χ4n) is 3.63. The van der Waals surface area contributed by atoms with Crippen molar-refractivity contribution in [1.82, 2.24) is 14.3 Å². The van der Waals surface area contributed by atoms with E-state index in [9.17, 15) is 10.1 Å². The molecule has 4 rings (SSSR count). The van der Waals surface area contributed by atoms with Crippen LogP contribution in [0.1, 0.15) is 17.5 Å². The second kappa shape index (κ2) is 6.19. The van der Waals surface area contributed by atoms with Crippen molar-refractivity contribution >= 4 is 22.2 Å². The van der Waals surface area contributed by atoms with E-state index in [0.29, 0.717) is 6.54 Å². The Morgan fingerprint density at radius 3 is 2.69 bits per heavy atom. The summed E-state index contributed by atoms with van der Waals surface area (Å²) in [6, 6.07) is 9.88. The molecule has 0 atom stereocenters. The average molecular weight is 345 g/mol. The highest BCUT2D eigenvalue weighted by Crippen LogP contribution is 2.32. The van der Waals surface area contributed by atoms with E-state index in [1.165, 1.54) is 5.57 Å². The maximum atomic E-state index is 12.7. The highest BCUT2D eigenvalue weighted by molar-refractivity contribution is 5.95. The molecule has 0 unspecified atom stereocenters. The molecular formula is C20H19N5O. The Kier molecular flexibility index (Phi) is 3.85. The van der Waals surface area contributed by atoms with Crippen LogP contribution in [0, 0.1) is 11.3 Å². The van der Waals surface area contributed by atoms with Crippen molar-refractivity contribution in [2.24, 2.45) is 14.1 Å². The van der Waals surface area contributed by atoms with E-state index in [-0.39, 0.29) is 11.1 Å². The molecule has 0 spiro atoms. The van der Waals surface area contributed by atoms with Gasteiger partial charge in [-0.3, -0.25) is 9.48 Å². The molecule has 3 heterocycles. The molecule has 6 nitrogen and oxygen atoms in total. The smallest absolute Gasteiger partial charge is 0.270 e. The molecule has 2 aromatic heterocycles. The van der Waals surface area contributed by atoms with E-state index < -0.39 is 0 Å². The molecule has 0 N–H and O–H groups in total. The maximum Gasteiger partial charge on any atom is 0.270 e. The van der Waals surface area contributed by atoms with Gasteiger partial charge in [0.15, 0.2) is 0 Å². The monoisotopic (exact) mass is 345 g/mol. The van der Waals surface area contributed by atoms with Crippen LogP contribution < -0.4 is 10.5 Å². The van der Waals surface area contributed by atoms with Crippen LogP contribution in [0.5, 0.6) is 0 Å². The van der Waals surface area contributed by atoms with Crippen molar-refractivity contribution in [2.45, 2.75) is 6.42 Å². The van der Waals surface area contributed by atoms with Crippen LogP contribution in [0.3, 0.4) is 0 Å². The summed E-state index contributed by atoms with van der Waals surface area (Å²) in [6.45, 7) is 1.42. The van der Waals surface area contributed by atoms with Crippen molar-refractivity contribution in [2.75, 3.05) is 18.0 Å². The normalized spacial score (nSPS) is 14.3. The van der Waals surface area contributed by atoms with Crippen LogP contribution in [0.2, 0.25) is 0 Å². The van der Waals surface area contributed by atoms with Gasteiger partial charge in [0.2, 0.25) is 0 Å². The summed E-state index contributed by atoms with van der Waals surface area (Å²) in [5.41, 5.74) is 3.93. The lowest BCUT2D eigenvalue weighted by Gasteiger charge is -2.30. The van der Waals surface area contributed by atoms with Gasteiger partial charge in [0, 0.05) is 44.3 Å². The lowest BCUT2D eigenvalue weighted by Crippen LogP contribution is -2.32. The first kappa shape index (κ1) is 16.2. The third-order valence-corrected chi connectivity index (χ3v) is 4.99. The predicted octanol–water partition coefficient (Wildman–Crippen LogP) is 2.44. The SMILES string of the molecule is Cn1cc(C2=CCN(c3c(C#N)c(=O)n(C)c4ccccc34)CC2)cn1. The molecular weight excluding hydrogens is 326 g/mol. The van der Waals surface area contributed by atoms with Crippen molar-refractivity contribution in [1.29, 1.82) is 5.26 Å². The van der Waals surface area contributed by atoms with Crippen LogP contribution in [-0.4, -0.2) is 27.4 Å². The molecule has 1 aliphatic heterocycles. The molecule has 1 aromatic carbocycles. The molecule has 0 amide bonds. The topological polar surface area (TPSA) is 66.8 Å². The molecule has 0 bridgehead atoms. The second-order valence-electron chi connectivity index (χ2n) is 6.54. The zero-order chi connectivity index (χ0) is 18.3. The van der Waals surface area contributed by atoms with Gasteiger partial charge >= 0.3 is 0 Å². The van der Waals surface area contributed by atoms with Crippen molar-refractivity contribution in [3.8, 4) is 6.07 Å². The fourth-order valence-corrected chi connectivity index (χ4v) is 3.63. The first-order chi connectivity index (χ1) is 12.6. The van der Waals surface area contributed by atoms with E-state index >= 15 is 0 Å². The highest BCUT2D eigenvalue weighted by Gasteiger charge is 2.22. The molecule has 0 saturated carbocycles. The number of hydrogen-bond acceptors (Lipinski definition) is 4. The standard InChI is InChI=1S/C20H19N5O/c1-23-13-15(12-22-23)14-7-9-25(10-8-14)19-16-5-3-4-6-18(16)24(2)20(26)17(19)11-21/h3-7,12-13H,8-10H2,1-2H3. The molecule has 0 radical (unpaired) electrons. The molecule has 0 saturated heterocycles. The van der Waals surface area contributed by atoms with E-state index in [2.05, 4.69) is 22.1 Å². The number of anilines is 1. The Balaban J connectivity index is 1.81. The number of fused-ring (bicyclic) bond motifs is 1. The summed E-state index contributed by atoms with van der Waals surface area (Å²) in [5, 5.41) is 14.8. The van der Waals surface area contributed by atoms with Crippen molar-refractivity contribution < 1.29 is 0 Å². The summed E-state index contributed by atoms with van der Waals surface area (Å²) in [6.07, 6.45) is 6.89. The number of aromatic nitrogens is 3. The maximum absolute atomic E-state index is 12.7. The van der Waals surface area contributed by atoms with E-state index in [0.717, 1.165) is 35.1 Å². The first-order valence-corrected chi connectivity index (χ1v) is 8.55. The van der Waals surface area contributed by atoms with Gasteiger partial charge in [-0.15, -0.1) is 0 Å². The number of benzene rings is 1. The third-order valence-electron chi connectivity index (χ3n) is 4.99. The number of hydrogen-bond donors (Lipinski definition) is 0. The second-order valence-corrected chi connectivity index (χ2v) is 6.54. The Morgan fingerprint density at radius 2 is 2.04 bits per heavy atom. The summed E-state index contributed by atoms with van der Waals surface area (Å²) in [4.78, 5) is 14.8. The predicted molar refractivity (Wildman–Crippen MR) is 102 cm³/mol. The highest BCUT2D eigenvalue weighted by atomic mass is 16.1. The Hall–Kier alpha value is -3.33. The lowest BCUT2D eigenvalue weighted by atomic mass is 10.0. The minimum absolute atomic E-state index is 0.212. The van der Waals surface area contributed by atoms with Crippen LogP contribution in [0.25, 0.3) is 16.5 Å². The van der Waals surface area contributed by atoms with Gasteiger partial charge in [0.05, 0.1) is 17.4 Å². The zero-order valence-electron chi connectivity index (χ0n) is 14.8. The minimum Gasteiger partial charge on any atom is -0.366 e. The fraction of sp³-hybridized carbons (Fsp3) is 0.250. The van der Waals surface area contributed by atoms with Gasteiger partial charge in [-0.1, -0.05) is 24.3 Å². The number of rotatable bonds is 2. The van der Waals surface area contributed by atoms with E-state index in [1.807, 2.05) is 43.7 Å². The van der Waals surface area contributed by atoms with Gasteiger partial charge in [0.1, 0.15) is 11.6 Å². The summed E-state index contributed by atoms with van der Waals surface area (Å²) in [5.74, 6) is 0. The van der Waals surface area contributed by atoms with Crippen LogP contribution in [0.15, 0.2) is 47.5 Å².